The molecule has 0 fully saturated rings. The number of hydrogen-bond donors (Lipinski definition) is 1. The first-order valence-electron chi connectivity index (χ1n) is 5.13. The third-order valence-electron chi connectivity index (χ3n) is 2.39. The lowest BCUT2D eigenvalue weighted by Gasteiger charge is -1.96. The Kier molecular flexibility index (Phi) is 3.50. The molecule has 82 valence electrons. The third-order valence-corrected chi connectivity index (χ3v) is 3.43. The second-order valence-electron chi connectivity index (χ2n) is 3.48. The van der Waals surface area contributed by atoms with Gasteiger partial charge in [0.2, 0.25) is 0 Å². The molecule has 3 nitrogen and oxygen atoms in total. The molecule has 0 aromatic carbocycles. The molecule has 2 aromatic rings. The molecule has 0 atom stereocenters. The van der Waals surface area contributed by atoms with Crippen LogP contribution >= 0.6 is 11.8 Å². The second-order valence-corrected chi connectivity index (χ2v) is 4.58. The van der Waals surface area contributed by atoms with Gasteiger partial charge in [0.15, 0.2) is 0 Å². The number of fused-ring (bicyclic) bond motifs is 1. The summed E-state index contributed by atoms with van der Waals surface area (Å²) >= 11 is 1.76. The summed E-state index contributed by atoms with van der Waals surface area (Å²) in [6.45, 7) is 0.680. The zero-order valence-electron chi connectivity index (χ0n) is 8.89. The Labute approximate surface area is 98.9 Å². The minimum Gasteiger partial charge on any atom is -0.330 e. The van der Waals surface area contributed by atoms with Crippen LogP contribution in [-0.4, -0.2) is 16.7 Å². The number of nitriles is 1. The minimum absolute atomic E-state index is 0.680. The summed E-state index contributed by atoms with van der Waals surface area (Å²) < 4.78 is 2.00. The van der Waals surface area contributed by atoms with Gasteiger partial charge in [-0.25, -0.2) is 0 Å². The molecular weight excluding hydrogens is 218 g/mol. The van der Waals surface area contributed by atoms with E-state index in [-0.39, 0.29) is 0 Å². The third kappa shape index (κ3) is 2.06. The van der Waals surface area contributed by atoms with E-state index in [1.807, 2.05) is 35.0 Å². The molecule has 0 aliphatic heterocycles. The Morgan fingerprint density at radius 1 is 1.44 bits per heavy atom. The number of rotatable bonds is 4. The molecule has 0 saturated heterocycles. The molecule has 0 aliphatic rings. The predicted molar refractivity (Wildman–Crippen MR) is 67.3 cm³/mol. The lowest BCUT2D eigenvalue weighted by atomic mass is 10.2. The van der Waals surface area contributed by atoms with Crippen LogP contribution in [0, 0.1) is 11.3 Å². The van der Waals surface area contributed by atoms with Crippen LogP contribution in [0.3, 0.4) is 0 Å². The zero-order valence-corrected chi connectivity index (χ0v) is 9.70. The van der Waals surface area contributed by atoms with Crippen molar-refractivity contribution in [2.45, 2.75) is 5.75 Å². The topological polar surface area (TPSA) is 54.2 Å². The Balaban J connectivity index is 2.34. The molecule has 16 heavy (non-hydrogen) atoms. The summed E-state index contributed by atoms with van der Waals surface area (Å²) in [6.07, 6.45) is 3.99. The average molecular weight is 231 g/mol. The van der Waals surface area contributed by atoms with E-state index in [1.54, 1.807) is 11.8 Å². The van der Waals surface area contributed by atoms with Gasteiger partial charge >= 0.3 is 0 Å². The number of nitrogens with zero attached hydrogens (tertiary/aromatic N) is 2. The summed E-state index contributed by atoms with van der Waals surface area (Å²) in [5, 5.41) is 9.16. The van der Waals surface area contributed by atoms with Crippen molar-refractivity contribution in [2.75, 3.05) is 12.3 Å². The van der Waals surface area contributed by atoms with E-state index in [9.17, 15) is 0 Å². The fourth-order valence-electron chi connectivity index (χ4n) is 1.68. The van der Waals surface area contributed by atoms with Gasteiger partial charge < -0.3 is 10.1 Å². The number of hydrogen-bond acceptors (Lipinski definition) is 3. The maximum absolute atomic E-state index is 9.16. The van der Waals surface area contributed by atoms with Crippen molar-refractivity contribution in [3.05, 3.63) is 41.7 Å². The van der Waals surface area contributed by atoms with E-state index >= 15 is 0 Å². The van der Waals surface area contributed by atoms with Crippen molar-refractivity contribution in [2.24, 2.45) is 5.73 Å². The van der Waals surface area contributed by atoms with Crippen LogP contribution in [0.2, 0.25) is 0 Å². The standard InChI is InChI=1S/C12H13N3S/c13-4-6-16-9-10-8-15-5-2-1-3-12(15)11(10)7-14/h1-3,5,8H,4,6,9,13H2. The van der Waals surface area contributed by atoms with E-state index in [4.69, 9.17) is 11.0 Å². The molecule has 0 amide bonds. The summed E-state index contributed by atoms with van der Waals surface area (Å²) in [5.41, 5.74) is 8.30. The van der Waals surface area contributed by atoms with Crippen molar-refractivity contribution in [3.63, 3.8) is 0 Å². The fourth-order valence-corrected chi connectivity index (χ4v) is 2.43. The lowest BCUT2D eigenvalue weighted by molar-refractivity contribution is 1.14. The van der Waals surface area contributed by atoms with Gasteiger partial charge in [-0.1, -0.05) is 6.07 Å². The lowest BCUT2D eigenvalue weighted by Crippen LogP contribution is -2.01. The van der Waals surface area contributed by atoms with Crippen LogP contribution in [0.15, 0.2) is 30.6 Å². The van der Waals surface area contributed by atoms with Gasteiger partial charge in [-0.05, 0) is 17.7 Å². The van der Waals surface area contributed by atoms with E-state index in [0.29, 0.717) is 6.54 Å². The molecule has 0 radical (unpaired) electrons. The molecule has 0 saturated carbocycles. The quantitative estimate of drug-likeness (QED) is 0.819. The van der Waals surface area contributed by atoms with E-state index < -0.39 is 0 Å². The molecule has 2 heterocycles. The molecule has 0 unspecified atom stereocenters. The first-order valence-corrected chi connectivity index (χ1v) is 6.28. The summed E-state index contributed by atoms with van der Waals surface area (Å²) in [7, 11) is 0. The second kappa shape index (κ2) is 5.06. The highest BCUT2D eigenvalue weighted by Gasteiger charge is 2.09. The van der Waals surface area contributed by atoms with Gasteiger partial charge in [-0.15, -0.1) is 0 Å². The first kappa shape index (κ1) is 11.1. The van der Waals surface area contributed by atoms with E-state index in [2.05, 4.69) is 6.07 Å². The smallest absolute Gasteiger partial charge is 0.102 e. The largest absolute Gasteiger partial charge is 0.330 e. The monoisotopic (exact) mass is 231 g/mol. The van der Waals surface area contributed by atoms with Crippen molar-refractivity contribution >= 4 is 17.3 Å². The Morgan fingerprint density at radius 2 is 2.31 bits per heavy atom. The van der Waals surface area contributed by atoms with Crippen LogP contribution in [0.1, 0.15) is 11.1 Å². The first-order chi connectivity index (χ1) is 7.86. The van der Waals surface area contributed by atoms with Crippen molar-refractivity contribution in [1.29, 1.82) is 5.26 Å². The summed E-state index contributed by atoms with van der Waals surface area (Å²) in [6, 6.07) is 8.16. The van der Waals surface area contributed by atoms with Crippen LogP contribution < -0.4 is 5.73 Å². The Bertz CT molecular complexity index is 525. The maximum atomic E-state index is 9.16. The summed E-state index contributed by atoms with van der Waals surface area (Å²) in [4.78, 5) is 0. The maximum Gasteiger partial charge on any atom is 0.102 e. The van der Waals surface area contributed by atoms with Crippen LogP contribution in [-0.2, 0) is 5.75 Å². The molecule has 0 aliphatic carbocycles. The number of aromatic nitrogens is 1. The van der Waals surface area contributed by atoms with Crippen molar-refractivity contribution in [1.82, 2.24) is 4.40 Å². The highest BCUT2D eigenvalue weighted by molar-refractivity contribution is 7.98. The van der Waals surface area contributed by atoms with Gasteiger partial charge in [0.05, 0.1) is 11.1 Å². The predicted octanol–water partition coefficient (Wildman–Crippen LogP) is 2.00. The van der Waals surface area contributed by atoms with Gasteiger partial charge in [0, 0.05) is 30.4 Å². The average Bonchev–Trinajstić information content (AvgIpc) is 2.67. The van der Waals surface area contributed by atoms with Crippen LogP contribution in [0.25, 0.3) is 5.52 Å². The minimum atomic E-state index is 0.680. The number of thioether (sulfide) groups is 1. The molecule has 0 bridgehead atoms. The molecule has 0 spiro atoms. The Morgan fingerprint density at radius 3 is 3.06 bits per heavy atom. The normalized spacial score (nSPS) is 10.5. The fraction of sp³-hybridized carbons (Fsp3) is 0.250. The van der Waals surface area contributed by atoms with Crippen LogP contribution in [0.5, 0.6) is 0 Å². The van der Waals surface area contributed by atoms with Gasteiger partial charge in [-0.3, -0.25) is 0 Å². The Hall–Kier alpha value is -1.44. The van der Waals surface area contributed by atoms with E-state index in [1.165, 1.54) is 0 Å². The highest BCUT2D eigenvalue weighted by atomic mass is 32.2. The number of nitrogens with two attached hydrogens (primary N) is 1. The summed E-state index contributed by atoms with van der Waals surface area (Å²) in [5.74, 6) is 1.78. The van der Waals surface area contributed by atoms with Crippen molar-refractivity contribution < 1.29 is 0 Å². The molecule has 2 aromatic heterocycles. The molecule has 2 N–H and O–H groups in total. The van der Waals surface area contributed by atoms with E-state index in [0.717, 1.165) is 28.1 Å². The number of pyridine rings is 1. The van der Waals surface area contributed by atoms with Gasteiger partial charge in [0.25, 0.3) is 0 Å². The highest BCUT2D eigenvalue weighted by Crippen LogP contribution is 2.21. The molecular formula is C12H13N3S. The zero-order chi connectivity index (χ0) is 11.4. The molecule has 2 rings (SSSR count). The van der Waals surface area contributed by atoms with Gasteiger partial charge in [-0.2, -0.15) is 17.0 Å². The van der Waals surface area contributed by atoms with Crippen molar-refractivity contribution in [3.8, 4) is 6.07 Å². The molecule has 4 heteroatoms. The van der Waals surface area contributed by atoms with Gasteiger partial charge in [0.1, 0.15) is 6.07 Å². The van der Waals surface area contributed by atoms with Crippen LogP contribution in [0.4, 0.5) is 0 Å². The SMILES string of the molecule is N#Cc1c(CSCCN)cn2ccccc12.